The van der Waals surface area contributed by atoms with Crippen LogP contribution in [0.15, 0.2) is 60.8 Å². The third kappa shape index (κ3) is 3.27. The normalized spacial score (nSPS) is 20.3. The quantitative estimate of drug-likeness (QED) is 0.752. The number of aryl methyl sites for hydroxylation is 2. The SMILES string of the molecule is O=C(NCc1cccc(-c2cn3c(n2)CCC3)c1)C1CC1c1ccccc1. The Labute approximate surface area is 159 Å². The molecule has 1 saturated carbocycles. The molecule has 2 unspecified atom stereocenters. The van der Waals surface area contributed by atoms with E-state index in [1.807, 2.05) is 24.3 Å². The molecular formula is C23H23N3O. The summed E-state index contributed by atoms with van der Waals surface area (Å²) in [5.41, 5.74) is 4.54. The topological polar surface area (TPSA) is 46.9 Å². The average molecular weight is 357 g/mol. The van der Waals surface area contributed by atoms with Gasteiger partial charge in [0.15, 0.2) is 0 Å². The lowest BCUT2D eigenvalue weighted by Crippen LogP contribution is -2.24. The second kappa shape index (κ2) is 6.69. The van der Waals surface area contributed by atoms with Crippen molar-refractivity contribution in [1.82, 2.24) is 14.9 Å². The number of amides is 1. The number of fused-ring (bicyclic) bond motifs is 1. The fourth-order valence-corrected chi connectivity index (χ4v) is 4.11. The van der Waals surface area contributed by atoms with Gasteiger partial charge in [0.1, 0.15) is 5.82 Å². The van der Waals surface area contributed by atoms with Gasteiger partial charge in [-0.15, -0.1) is 0 Å². The fraction of sp³-hybridized carbons (Fsp3) is 0.304. The summed E-state index contributed by atoms with van der Waals surface area (Å²) in [7, 11) is 0. The van der Waals surface area contributed by atoms with Crippen LogP contribution in [0.1, 0.15) is 35.7 Å². The summed E-state index contributed by atoms with van der Waals surface area (Å²) in [4.78, 5) is 17.2. The van der Waals surface area contributed by atoms with Gasteiger partial charge in [-0.3, -0.25) is 4.79 Å². The number of carbonyl (C=O) groups is 1. The Balaban J connectivity index is 1.22. The van der Waals surface area contributed by atoms with Gasteiger partial charge in [-0.05, 0) is 36.0 Å². The van der Waals surface area contributed by atoms with E-state index in [2.05, 4.69) is 46.4 Å². The van der Waals surface area contributed by atoms with Crippen molar-refractivity contribution >= 4 is 5.91 Å². The molecular weight excluding hydrogens is 334 g/mol. The number of benzene rings is 2. The smallest absolute Gasteiger partial charge is 0.224 e. The van der Waals surface area contributed by atoms with E-state index >= 15 is 0 Å². The van der Waals surface area contributed by atoms with E-state index in [0.717, 1.165) is 36.2 Å². The van der Waals surface area contributed by atoms with Crippen molar-refractivity contribution in [2.45, 2.75) is 38.3 Å². The summed E-state index contributed by atoms with van der Waals surface area (Å²) >= 11 is 0. The Hall–Kier alpha value is -2.88. The Morgan fingerprint density at radius 1 is 1.15 bits per heavy atom. The van der Waals surface area contributed by atoms with Gasteiger partial charge in [-0.1, -0.05) is 48.5 Å². The molecule has 1 amide bonds. The predicted molar refractivity (Wildman–Crippen MR) is 105 cm³/mol. The zero-order chi connectivity index (χ0) is 18.2. The van der Waals surface area contributed by atoms with Crippen LogP contribution in [0.2, 0.25) is 0 Å². The Morgan fingerprint density at radius 2 is 2.04 bits per heavy atom. The van der Waals surface area contributed by atoms with E-state index < -0.39 is 0 Å². The molecule has 136 valence electrons. The minimum Gasteiger partial charge on any atom is -0.352 e. The Morgan fingerprint density at radius 3 is 2.89 bits per heavy atom. The molecule has 2 heterocycles. The van der Waals surface area contributed by atoms with Crippen molar-refractivity contribution in [2.75, 3.05) is 0 Å². The van der Waals surface area contributed by atoms with Crippen LogP contribution in [0.5, 0.6) is 0 Å². The number of rotatable bonds is 5. The molecule has 5 rings (SSSR count). The number of nitrogens with zero attached hydrogens (tertiary/aromatic N) is 2. The first-order valence-corrected chi connectivity index (χ1v) is 9.76. The molecule has 1 aromatic heterocycles. The third-order valence-electron chi connectivity index (χ3n) is 5.70. The third-order valence-corrected chi connectivity index (χ3v) is 5.70. The molecule has 0 radical (unpaired) electrons. The summed E-state index contributed by atoms with van der Waals surface area (Å²) in [6.45, 7) is 1.64. The minimum absolute atomic E-state index is 0.117. The molecule has 2 atom stereocenters. The van der Waals surface area contributed by atoms with Gasteiger partial charge < -0.3 is 9.88 Å². The second-order valence-electron chi connectivity index (χ2n) is 7.62. The van der Waals surface area contributed by atoms with Crippen LogP contribution in [0, 0.1) is 5.92 Å². The highest BCUT2D eigenvalue weighted by Crippen LogP contribution is 2.47. The van der Waals surface area contributed by atoms with Gasteiger partial charge in [-0.25, -0.2) is 4.98 Å². The maximum absolute atomic E-state index is 12.5. The van der Waals surface area contributed by atoms with Crippen LogP contribution in [0.3, 0.4) is 0 Å². The van der Waals surface area contributed by atoms with Crippen LogP contribution in [-0.4, -0.2) is 15.5 Å². The summed E-state index contributed by atoms with van der Waals surface area (Å²) in [6.07, 6.45) is 5.37. The molecule has 0 spiro atoms. The van der Waals surface area contributed by atoms with E-state index in [0.29, 0.717) is 12.5 Å². The lowest BCUT2D eigenvalue weighted by atomic mass is 10.1. The molecule has 3 aromatic rings. The van der Waals surface area contributed by atoms with E-state index in [4.69, 9.17) is 4.98 Å². The number of hydrogen-bond acceptors (Lipinski definition) is 2. The van der Waals surface area contributed by atoms with Crippen LogP contribution >= 0.6 is 0 Å². The highest BCUT2D eigenvalue weighted by atomic mass is 16.2. The van der Waals surface area contributed by atoms with E-state index in [9.17, 15) is 4.79 Å². The number of hydrogen-bond donors (Lipinski definition) is 1. The average Bonchev–Trinajstić information content (AvgIpc) is 3.22. The lowest BCUT2D eigenvalue weighted by Gasteiger charge is -2.07. The summed E-state index contributed by atoms with van der Waals surface area (Å²) in [5.74, 6) is 1.84. The Bertz CT molecular complexity index is 955. The minimum atomic E-state index is 0.117. The maximum atomic E-state index is 12.5. The molecule has 1 fully saturated rings. The first kappa shape index (κ1) is 16.3. The molecule has 2 aliphatic rings. The maximum Gasteiger partial charge on any atom is 0.224 e. The second-order valence-corrected chi connectivity index (χ2v) is 7.62. The van der Waals surface area contributed by atoms with Crippen LogP contribution < -0.4 is 5.32 Å². The number of imidazole rings is 1. The predicted octanol–water partition coefficient (Wildman–Crippen LogP) is 3.92. The molecule has 4 nitrogen and oxygen atoms in total. The molecule has 1 N–H and O–H groups in total. The standard InChI is InChI=1S/C23H23N3O/c27-23(20-13-19(20)17-7-2-1-3-8-17)24-14-16-6-4-9-18(12-16)21-15-26-11-5-10-22(26)25-21/h1-4,6-9,12,15,19-20H,5,10-11,13-14H2,(H,24,27). The van der Waals surface area contributed by atoms with Gasteiger partial charge in [0.2, 0.25) is 5.91 Å². The first-order valence-electron chi connectivity index (χ1n) is 9.76. The monoisotopic (exact) mass is 357 g/mol. The zero-order valence-corrected chi connectivity index (χ0v) is 15.3. The lowest BCUT2D eigenvalue weighted by molar-refractivity contribution is -0.122. The molecule has 0 bridgehead atoms. The summed E-state index contributed by atoms with van der Waals surface area (Å²) in [5, 5.41) is 3.11. The van der Waals surface area contributed by atoms with Gasteiger partial charge >= 0.3 is 0 Å². The van der Waals surface area contributed by atoms with Gasteiger partial charge in [0.05, 0.1) is 5.69 Å². The van der Waals surface area contributed by atoms with Crippen molar-refractivity contribution in [3.8, 4) is 11.3 Å². The van der Waals surface area contributed by atoms with Crippen molar-refractivity contribution in [3.63, 3.8) is 0 Å². The zero-order valence-electron chi connectivity index (χ0n) is 15.3. The van der Waals surface area contributed by atoms with Crippen LogP contribution in [0.25, 0.3) is 11.3 Å². The van der Waals surface area contributed by atoms with Crippen molar-refractivity contribution in [2.24, 2.45) is 5.92 Å². The van der Waals surface area contributed by atoms with Crippen LogP contribution in [0.4, 0.5) is 0 Å². The molecule has 1 aliphatic carbocycles. The van der Waals surface area contributed by atoms with E-state index in [-0.39, 0.29) is 11.8 Å². The summed E-state index contributed by atoms with van der Waals surface area (Å²) in [6, 6.07) is 18.7. The van der Waals surface area contributed by atoms with Crippen molar-refractivity contribution < 1.29 is 4.79 Å². The fourth-order valence-electron chi connectivity index (χ4n) is 4.11. The Kier molecular flexibility index (Phi) is 4.04. The molecule has 1 aliphatic heterocycles. The number of aromatic nitrogens is 2. The number of carbonyl (C=O) groups excluding carboxylic acids is 1. The highest BCUT2D eigenvalue weighted by Gasteiger charge is 2.43. The van der Waals surface area contributed by atoms with Crippen molar-refractivity contribution in [1.29, 1.82) is 0 Å². The van der Waals surface area contributed by atoms with Gasteiger partial charge in [0, 0.05) is 37.2 Å². The number of nitrogens with one attached hydrogen (secondary N) is 1. The van der Waals surface area contributed by atoms with Crippen LogP contribution in [-0.2, 0) is 24.3 Å². The van der Waals surface area contributed by atoms with Gasteiger partial charge in [0.25, 0.3) is 0 Å². The largest absolute Gasteiger partial charge is 0.352 e. The van der Waals surface area contributed by atoms with E-state index in [1.54, 1.807) is 0 Å². The molecule has 27 heavy (non-hydrogen) atoms. The van der Waals surface area contributed by atoms with E-state index in [1.165, 1.54) is 17.8 Å². The molecule has 2 aromatic carbocycles. The summed E-state index contributed by atoms with van der Waals surface area (Å²) < 4.78 is 2.25. The van der Waals surface area contributed by atoms with Crippen molar-refractivity contribution in [3.05, 3.63) is 77.7 Å². The molecule has 0 saturated heterocycles. The highest BCUT2D eigenvalue weighted by molar-refractivity contribution is 5.82. The molecule has 4 heteroatoms. The van der Waals surface area contributed by atoms with Gasteiger partial charge in [-0.2, -0.15) is 0 Å². The first-order chi connectivity index (χ1) is 13.3.